The van der Waals surface area contributed by atoms with E-state index in [2.05, 4.69) is 10.2 Å². The number of rotatable bonds is 4. The first-order valence-electron chi connectivity index (χ1n) is 8.02. The predicted octanol–water partition coefficient (Wildman–Crippen LogP) is 2.94. The normalized spacial score (nSPS) is 22.0. The van der Waals surface area contributed by atoms with Crippen molar-refractivity contribution in [2.24, 2.45) is 0 Å². The summed E-state index contributed by atoms with van der Waals surface area (Å²) in [4.78, 5) is 14.7. The highest BCUT2D eigenvalue weighted by molar-refractivity contribution is 5.97. The lowest BCUT2D eigenvalue weighted by Crippen LogP contribution is -2.31. The van der Waals surface area contributed by atoms with Gasteiger partial charge in [0.2, 0.25) is 0 Å². The molecule has 114 valence electrons. The molecule has 4 heteroatoms. The minimum Gasteiger partial charge on any atom is -0.487 e. The molecular weight excluding hydrogens is 264 g/mol. The molecule has 0 aromatic heterocycles. The summed E-state index contributed by atoms with van der Waals surface area (Å²) in [5.74, 6) is 1.07. The number of likely N-dealkylation sites (tertiary alicyclic amines) is 1. The Morgan fingerprint density at radius 1 is 1.33 bits per heavy atom. The van der Waals surface area contributed by atoms with E-state index >= 15 is 0 Å². The summed E-state index contributed by atoms with van der Waals surface area (Å²) in [6, 6.07) is 5.73. The van der Waals surface area contributed by atoms with Gasteiger partial charge in [0, 0.05) is 18.5 Å². The van der Waals surface area contributed by atoms with Crippen molar-refractivity contribution >= 4 is 11.5 Å². The fraction of sp³-hybridized carbons (Fsp3) is 0.588. The molecule has 21 heavy (non-hydrogen) atoms. The number of ether oxygens (including phenoxy) is 1. The van der Waals surface area contributed by atoms with Gasteiger partial charge in [0.15, 0.2) is 5.78 Å². The number of nitrogens with zero attached hydrogens (tertiary/aromatic N) is 1. The molecule has 4 nitrogen and oxygen atoms in total. The van der Waals surface area contributed by atoms with Crippen molar-refractivity contribution in [2.75, 3.05) is 31.5 Å². The zero-order valence-electron chi connectivity index (χ0n) is 12.7. The molecule has 1 atom stereocenters. The Hall–Kier alpha value is -1.55. The molecule has 1 unspecified atom stereocenters. The first kappa shape index (κ1) is 14.4. The van der Waals surface area contributed by atoms with E-state index < -0.39 is 0 Å². The minimum absolute atomic E-state index is 0.179. The van der Waals surface area contributed by atoms with Gasteiger partial charge in [-0.3, -0.25) is 4.79 Å². The highest BCUT2D eigenvalue weighted by Crippen LogP contribution is 2.30. The molecule has 1 N–H and O–H groups in total. The second kappa shape index (κ2) is 6.48. The van der Waals surface area contributed by atoms with Gasteiger partial charge in [-0.25, -0.2) is 0 Å². The summed E-state index contributed by atoms with van der Waals surface area (Å²) in [7, 11) is 0. The van der Waals surface area contributed by atoms with Gasteiger partial charge < -0.3 is 15.0 Å². The van der Waals surface area contributed by atoms with Crippen LogP contribution in [0.15, 0.2) is 18.2 Å². The molecule has 0 aliphatic carbocycles. The monoisotopic (exact) mass is 288 g/mol. The smallest absolute Gasteiger partial charge is 0.164 e. The minimum atomic E-state index is 0.179. The number of nitrogens with one attached hydrogen (secondary N) is 1. The van der Waals surface area contributed by atoms with E-state index in [1.807, 2.05) is 25.1 Å². The molecule has 3 rings (SSSR count). The Labute approximate surface area is 126 Å². The largest absolute Gasteiger partial charge is 0.487 e. The summed E-state index contributed by atoms with van der Waals surface area (Å²) >= 11 is 0. The van der Waals surface area contributed by atoms with Crippen molar-refractivity contribution in [2.45, 2.75) is 38.7 Å². The van der Waals surface area contributed by atoms with Crippen molar-refractivity contribution in [1.29, 1.82) is 0 Å². The van der Waals surface area contributed by atoms with Crippen LogP contribution in [0.1, 0.15) is 43.0 Å². The maximum Gasteiger partial charge on any atom is 0.164 e. The number of fused-ring (bicyclic) bond motifs is 1. The zero-order valence-corrected chi connectivity index (χ0v) is 12.7. The molecule has 0 radical (unpaired) electrons. The molecule has 0 amide bonds. The third-order valence-electron chi connectivity index (χ3n) is 4.31. The van der Waals surface area contributed by atoms with E-state index in [0.717, 1.165) is 43.2 Å². The first-order chi connectivity index (χ1) is 10.2. The molecule has 0 bridgehead atoms. The van der Waals surface area contributed by atoms with E-state index in [1.54, 1.807) is 0 Å². The van der Waals surface area contributed by atoms with Crippen LogP contribution in [0.2, 0.25) is 0 Å². The summed E-state index contributed by atoms with van der Waals surface area (Å²) < 4.78 is 5.74. The second-order valence-corrected chi connectivity index (χ2v) is 6.10. The average molecular weight is 288 g/mol. The van der Waals surface area contributed by atoms with Gasteiger partial charge in [-0.1, -0.05) is 6.42 Å². The first-order valence-corrected chi connectivity index (χ1v) is 8.02. The van der Waals surface area contributed by atoms with E-state index in [-0.39, 0.29) is 11.9 Å². The van der Waals surface area contributed by atoms with Gasteiger partial charge in [0.05, 0.1) is 12.2 Å². The Bertz CT molecular complexity index is 510. The predicted molar refractivity (Wildman–Crippen MR) is 84.3 cm³/mol. The average Bonchev–Trinajstić information content (AvgIpc) is 2.53. The number of carbonyl (C=O) groups excluding carboxylic acids is 1. The lowest BCUT2D eigenvalue weighted by Gasteiger charge is -2.26. The Kier molecular flexibility index (Phi) is 4.44. The maximum atomic E-state index is 12.3. The standard InChI is InChI=1S/C17H24N2O2/c1-13-12-18-15-11-14(5-6-17(15)21-13)16(20)7-10-19-8-3-2-4-9-19/h5-6,11,13,18H,2-4,7-10,12H2,1H3. The number of anilines is 1. The molecule has 1 fully saturated rings. The van der Waals surface area contributed by atoms with Gasteiger partial charge >= 0.3 is 0 Å². The molecule has 1 aromatic rings. The lowest BCUT2D eigenvalue weighted by molar-refractivity contribution is 0.0958. The van der Waals surface area contributed by atoms with E-state index in [0.29, 0.717) is 6.42 Å². The van der Waals surface area contributed by atoms with Crippen LogP contribution in [-0.4, -0.2) is 43.0 Å². The molecular formula is C17H24N2O2. The maximum absolute atomic E-state index is 12.3. The van der Waals surface area contributed by atoms with E-state index in [1.165, 1.54) is 19.3 Å². The zero-order chi connectivity index (χ0) is 14.7. The van der Waals surface area contributed by atoms with Crippen LogP contribution in [-0.2, 0) is 0 Å². The molecule has 2 aliphatic rings. The summed E-state index contributed by atoms with van der Waals surface area (Å²) in [5.41, 5.74) is 1.73. The van der Waals surface area contributed by atoms with Crippen molar-refractivity contribution in [3.05, 3.63) is 23.8 Å². The van der Waals surface area contributed by atoms with Crippen LogP contribution >= 0.6 is 0 Å². The Morgan fingerprint density at radius 3 is 2.95 bits per heavy atom. The third kappa shape index (κ3) is 3.56. The van der Waals surface area contributed by atoms with Gasteiger partial charge in [-0.2, -0.15) is 0 Å². The highest BCUT2D eigenvalue weighted by atomic mass is 16.5. The van der Waals surface area contributed by atoms with E-state index in [9.17, 15) is 4.79 Å². The van der Waals surface area contributed by atoms with Crippen LogP contribution in [0.5, 0.6) is 5.75 Å². The number of Topliss-reactive ketones (excluding diaryl/α,β-unsaturated/α-hetero) is 1. The molecule has 2 heterocycles. The van der Waals surface area contributed by atoms with Crippen molar-refractivity contribution in [3.63, 3.8) is 0 Å². The number of piperidine rings is 1. The van der Waals surface area contributed by atoms with E-state index in [4.69, 9.17) is 4.74 Å². The number of ketones is 1. The summed E-state index contributed by atoms with van der Waals surface area (Å²) in [6.45, 7) is 6.00. The number of hydrogen-bond acceptors (Lipinski definition) is 4. The summed E-state index contributed by atoms with van der Waals surface area (Å²) in [5, 5.41) is 3.33. The van der Waals surface area contributed by atoms with Crippen molar-refractivity contribution < 1.29 is 9.53 Å². The molecule has 2 aliphatic heterocycles. The number of hydrogen-bond donors (Lipinski definition) is 1. The van der Waals surface area contributed by atoms with Crippen LogP contribution < -0.4 is 10.1 Å². The quantitative estimate of drug-likeness (QED) is 0.865. The molecule has 1 saturated heterocycles. The lowest BCUT2D eigenvalue weighted by atomic mass is 10.0. The fourth-order valence-electron chi connectivity index (χ4n) is 3.04. The van der Waals surface area contributed by atoms with Crippen molar-refractivity contribution in [3.8, 4) is 5.75 Å². The van der Waals surface area contributed by atoms with Crippen molar-refractivity contribution in [1.82, 2.24) is 4.90 Å². The third-order valence-corrected chi connectivity index (χ3v) is 4.31. The van der Waals surface area contributed by atoms with Gasteiger partial charge in [-0.15, -0.1) is 0 Å². The van der Waals surface area contributed by atoms with Gasteiger partial charge in [0.25, 0.3) is 0 Å². The summed E-state index contributed by atoms with van der Waals surface area (Å²) in [6.07, 6.45) is 4.66. The molecule has 1 aromatic carbocycles. The number of carbonyl (C=O) groups is 1. The Morgan fingerprint density at radius 2 is 2.14 bits per heavy atom. The highest BCUT2D eigenvalue weighted by Gasteiger charge is 2.18. The molecule has 0 spiro atoms. The topological polar surface area (TPSA) is 41.6 Å². The fourth-order valence-corrected chi connectivity index (χ4v) is 3.04. The van der Waals surface area contributed by atoms with Crippen LogP contribution in [0, 0.1) is 0 Å². The van der Waals surface area contributed by atoms with Crippen LogP contribution in [0.4, 0.5) is 5.69 Å². The second-order valence-electron chi connectivity index (χ2n) is 6.10. The van der Waals surface area contributed by atoms with Gasteiger partial charge in [0.1, 0.15) is 11.9 Å². The Balaban J connectivity index is 1.59. The SMILES string of the molecule is CC1CNc2cc(C(=O)CCN3CCCCC3)ccc2O1. The van der Waals surface area contributed by atoms with Crippen LogP contribution in [0.3, 0.4) is 0 Å². The number of benzene rings is 1. The molecule has 0 saturated carbocycles. The van der Waals surface area contributed by atoms with Crippen LogP contribution in [0.25, 0.3) is 0 Å². The van der Waals surface area contributed by atoms with Gasteiger partial charge in [-0.05, 0) is 51.1 Å².